The van der Waals surface area contributed by atoms with Crippen LogP contribution in [0.1, 0.15) is 64.1 Å². The van der Waals surface area contributed by atoms with Crippen LogP contribution in [0.3, 0.4) is 0 Å². The largest absolute Gasteiger partial charge is 0.483 e. The molecule has 1 saturated heterocycles. The Hall–Kier alpha value is -2.91. The molecule has 1 fully saturated rings. The Kier molecular flexibility index (Phi) is 3.44. The number of likely N-dealkylation sites (tertiary alicyclic amines) is 1. The van der Waals surface area contributed by atoms with Crippen molar-refractivity contribution in [3.63, 3.8) is 0 Å². The number of nitrogens with zero attached hydrogens (tertiary/aromatic N) is 2. The molecule has 3 heterocycles. The lowest BCUT2D eigenvalue weighted by atomic mass is 9.44. The summed E-state index contributed by atoms with van der Waals surface area (Å²) in [4.78, 5) is 8.26. The van der Waals surface area contributed by atoms with Gasteiger partial charge in [0.1, 0.15) is 5.75 Å². The van der Waals surface area contributed by atoms with Gasteiger partial charge in [0.05, 0.1) is 16.6 Å². The first-order valence-corrected chi connectivity index (χ1v) is 13.8. The number of rotatable bonds is 0. The first-order valence-electron chi connectivity index (χ1n) is 13.8. The van der Waals surface area contributed by atoms with Gasteiger partial charge >= 0.3 is 0 Å². The third-order valence-corrected chi connectivity index (χ3v) is 11.3. The molecule has 2 bridgehead atoms. The lowest BCUT2D eigenvalue weighted by Crippen LogP contribution is -2.68. The summed E-state index contributed by atoms with van der Waals surface area (Å²) in [5.41, 5.74) is 12.8. The average Bonchev–Trinajstić information content (AvgIpc) is 3.45. The minimum absolute atomic E-state index is 0.00346. The van der Waals surface area contributed by atoms with Crippen molar-refractivity contribution in [2.45, 2.75) is 70.4 Å². The van der Waals surface area contributed by atoms with Crippen molar-refractivity contribution in [1.29, 1.82) is 0 Å². The lowest BCUT2D eigenvalue weighted by Gasteiger charge is -2.64. The summed E-state index contributed by atoms with van der Waals surface area (Å²) in [6.07, 6.45) is 5.67. The highest BCUT2D eigenvalue weighted by Gasteiger charge is 2.70. The molecular weight excluding hydrogens is 440 g/mol. The maximum atomic E-state index is 7.13. The van der Waals surface area contributed by atoms with Crippen LogP contribution in [0.25, 0.3) is 21.7 Å². The number of benzene rings is 3. The topological polar surface area (TPSA) is 25.4 Å². The molecule has 1 spiro atoms. The highest BCUT2D eigenvalue weighted by atomic mass is 16.5. The van der Waals surface area contributed by atoms with Crippen LogP contribution in [0, 0.1) is 19.3 Å². The van der Waals surface area contributed by atoms with Crippen molar-refractivity contribution >= 4 is 21.7 Å². The first kappa shape index (κ1) is 20.2. The van der Waals surface area contributed by atoms with Gasteiger partial charge in [-0.2, -0.15) is 0 Å². The number of aromatic nitrogens is 1. The van der Waals surface area contributed by atoms with E-state index in [1.807, 2.05) is 0 Å². The highest BCUT2D eigenvalue weighted by Crippen LogP contribution is 2.71. The molecule has 3 heteroatoms. The van der Waals surface area contributed by atoms with Gasteiger partial charge in [-0.25, -0.2) is 4.98 Å². The number of aryl methyl sites for hydroxylation is 4. The Morgan fingerprint density at radius 2 is 1.89 bits per heavy atom. The number of hydrogen-bond acceptors (Lipinski definition) is 3. The van der Waals surface area contributed by atoms with Crippen molar-refractivity contribution in [1.82, 2.24) is 9.88 Å². The number of piperidine rings is 1. The molecule has 1 aromatic heterocycles. The second-order valence-corrected chi connectivity index (χ2v) is 12.6. The van der Waals surface area contributed by atoms with Gasteiger partial charge in [0.15, 0.2) is 6.10 Å². The molecule has 36 heavy (non-hydrogen) atoms. The summed E-state index contributed by atoms with van der Waals surface area (Å²) in [5, 5.41) is 4.16. The van der Waals surface area contributed by atoms with Gasteiger partial charge in [-0.1, -0.05) is 37.3 Å². The fraction of sp³-hybridized carbons (Fsp3) is 0.424. The van der Waals surface area contributed by atoms with Crippen LogP contribution in [0.5, 0.6) is 5.75 Å². The first-order chi connectivity index (χ1) is 17.4. The zero-order chi connectivity index (χ0) is 24.1. The third kappa shape index (κ3) is 1.98. The highest BCUT2D eigenvalue weighted by molar-refractivity contribution is 6.10. The van der Waals surface area contributed by atoms with E-state index in [-0.39, 0.29) is 16.9 Å². The standard InChI is InChI=1S/C33H32N2O/c1-17-8-9-21-15-25-32(3)16-24-18(2)23-14-20-11-10-19-6-5-7-22(26(19)20)28(23)34-29(24)31-33(32,12-13-35(25)4)27(21)30(17)36-31/h5-9,14,25,31H,10-13,15-16H2,1-4H3/t25-,31-,32-,33-/m0/s1. The van der Waals surface area contributed by atoms with Crippen molar-refractivity contribution in [3.05, 3.63) is 81.0 Å². The molecule has 0 saturated carbocycles. The zero-order valence-corrected chi connectivity index (χ0v) is 21.7. The van der Waals surface area contributed by atoms with Gasteiger partial charge in [-0.15, -0.1) is 0 Å². The molecule has 0 N–H and O–H groups in total. The SMILES string of the molecule is Cc1ccc2c3c1O[C@H]1c4nc5c(cc6c7c(cccc75)CC6)c(C)c4C[C@@]4(C)[C@H](C2)N(C)CC[C@]314. The van der Waals surface area contributed by atoms with Gasteiger partial charge in [0.2, 0.25) is 0 Å². The second-order valence-electron chi connectivity index (χ2n) is 12.6. The lowest BCUT2D eigenvalue weighted by molar-refractivity contribution is -0.0910. The Labute approximate surface area is 212 Å². The van der Waals surface area contributed by atoms with E-state index >= 15 is 0 Å². The fourth-order valence-corrected chi connectivity index (χ4v) is 9.53. The zero-order valence-electron chi connectivity index (χ0n) is 21.7. The summed E-state index contributed by atoms with van der Waals surface area (Å²) in [6, 6.07) is 14.5. The molecule has 180 valence electrons. The monoisotopic (exact) mass is 472 g/mol. The van der Waals surface area contributed by atoms with Gasteiger partial charge in [0.25, 0.3) is 0 Å². The molecule has 4 atom stereocenters. The van der Waals surface area contributed by atoms with Crippen LogP contribution < -0.4 is 4.74 Å². The van der Waals surface area contributed by atoms with Gasteiger partial charge in [-0.3, -0.25) is 0 Å². The summed E-state index contributed by atoms with van der Waals surface area (Å²) in [5.74, 6) is 1.17. The average molecular weight is 473 g/mol. The van der Waals surface area contributed by atoms with Crippen molar-refractivity contribution in [2.24, 2.45) is 5.41 Å². The molecule has 2 aliphatic heterocycles. The minimum Gasteiger partial charge on any atom is -0.483 e. The molecule has 0 unspecified atom stereocenters. The minimum atomic E-state index is 0.00346. The Bertz CT molecular complexity index is 1700. The molecular formula is C33H32N2O. The predicted octanol–water partition coefficient (Wildman–Crippen LogP) is 6.30. The van der Waals surface area contributed by atoms with Crippen molar-refractivity contribution in [3.8, 4) is 5.75 Å². The van der Waals surface area contributed by atoms with Gasteiger partial charge in [0, 0.05) is 27.8 Å². The summed E-state index contributed by atoms with van der Waals surface area (Å²) in [7, 11) is 2.35. The smallest absolute Gasteiger partial charge is 0.151 e. The Balaban J connectivity index is 1.41. The Morgan fingerprint density at radius 3 is 2.78 bits per heavy atom. The van der Waals surface area contributed by atoms with E-state index in [0.29, 0.717) is 6.04 Å². The molecule has 0 radical (unpaired) electrons. The van der Waals surface area contributed by atoms with Crippen LogP contribution in [-0.4, -0.2) is 29.5 Å². The van der Waals surface area contributed by atoms with E-state index in [9.17, 15) is 0 Å². The molecule has 9 rings (SSSR count). The van der Waals surface area contributed by atoms with Crippen LogP contribution >= 0.6 is 0 Å². The Morgan fingerprint density at radius 1 is 1.03 bits per heavy atom. The summed E-state index contributed by atoms with van der Waals surface area (Å²) >= 11 is 0. The molecule has 0 amide bonds. The number of likely N-dealkylation sites (N-methyl/N-ethyl adjacent to an activating group) is 1. The fourth-order valence-electron chi connectivity index (χ4n) is 9.53. The molecule has 3 aromatic carbocycles. The van der Waals surface area contributed by atoms with E-state index < -0.39 is 0 Å². The van der Waals surface area contributed by atoms with Crippen molar-refractivity contribution < 1.29 is 4.74 Å². The number of pyridine rings is 1. The van der Waals surface area contributed by atoms with Crippen LogP contribution in [0.15, 0.2) is 36.4 Å². The molecule has 4 aromatic rings. The molecule has 3 aliphatic carbocycles. The number of hydrogen-bond donors (Lipinski definition) is 0. The van der Waals surface area contributed by atoms with E-state index in [1.54, 1.807) is 0 Å². The normalized spacial score (nSPS) is 31.0. The second kappa shape index (κ2) is 6.14. The maximum absolute atomic E-state index is 7.13. The van der Waals surface area contributed by atoms with Crippen LogP contribution in [-0.2, 0) is 31.1 Å². The van der Waals surface area contributed by atoms with E-state index in [2.05, 4.69) is 69.1 Å². The summed E-state index contributed by atoms with van der Waals surface area (Å²) in [6.45, 7) is 8.31. The predicted molar refractivity (Wildman–Crippen MR) is 144 cm³/mol. The van der Waals surface area contributed by atoms with Gasteiger partial charge < -0.3 is 9.64 Å². The summed E-state index contributed by atoms with van der Waals surface area (Å²) < 4.78 is 7.13. The van der Waals surface area contributed by atoms with E-state index in [4.69, 9.17) is 9.72 Å². The molecule has 3 nitrogen and oxygen atoms in total. The third-order valence-electron chi connectivity index (χ3n) is 11.3. The van der Waals surface area contributed by atoms with Crippen LogP contribution in [0.2, 0.25) is 0 Å². The maximum Gasteiger partial charge on any atom is 0.151 e. The molecule has 5 aliphatic rings. The van der Waals surface area contributed by atoms with Crippen molar-refractivity contribution in [2.75, 3.05) is 13.6 Å². The van der Waals surface area contributed by atoms with Crippen LogP contribution in [0.4, 0.5) is 0 Å². The quantitative estimate of drug-likeness (QED) is 0.281. The van der Waals surface area contributed by atoms with E-state index in [1.165, 1.54) is 72.1 Å². The number of ether oxygens (including phenoxy) is 1. The number of fused-ring (bicyclic) bond motifs is 4. The van der Waals surface area contributed by atoms with Gasteiger partial charge in [-0.05, 0) is 104 Å². The van der Waals surface area contributed by atoms with E-state index in [0.717, 1.165) is 38.6 Å².